The summed E-state index contributed by atoms with van der Waals surface area (Å²) in [6.07, 6.45) is 0.264. The summed E-state index contributed by atoms with van der Waals surface area (Å²) in [6, 6.07) is 4.22. The number of benzene rings is 1. The second kappa shape index (κ2) is 5.93. The molecule has 0 aromatic heterocycles. The highest BCUT2D eigenvalue weighted by molar-refractivity contribution is 7.89. The summed E-state index contributed by atoms with van der Waals surface area (Å²) in [5.41, 5.74) is -0.452. The molecule has 0 spiro atoms. The standard InChI is InChI=1S/C15H20N2O5S/c1-15(2,3)16-23(20,21)12-9-10(5-6-11(12)22-4)17-13(18)7-8-14(17)19/h5-6,9,16H,7-8H2,1-4H3. The van der Waals surface area contributed by atoms with Crippen LogP contribution in [-0.4, -0.2) is 32.9 Å². The number of carbonyl (C=O) groups is 2. The van der Waals surface area contributed by atoms with Crippen molar-refractivity contribution in [1.82, 2.24) is 4.72 Å². The topological polar surface area (TPSA) is 92.8 Å². The average molecular weight is 340 g/mol. The van der Waals surface area contributed by atoms with Crippen molar-refractivity contribution in [2.75, 3.05) is 12.0 Å². The molecule has 1 aromatic carbocycles. The molecule has 7 nitrogen and oxygen atoms in total. The third-order valence-electron chi connectivity index (χ3n) is 3.19. The fourth-order valence-corrected chi connectivity index (χ4v) is 3.95. The lowest BCUT2D eigenvalue weighted by atomic mass is 10.1. The Morgan fingerprint density at radius 2 is 1.70 bits per heavy atom. The predicted octanol–water partition coefficient (Wildman–Crippen LogP) is 1.43. The van der Waals surface area contributed by atoms with Gasteiger partial charge in [-0.2, -0.15) is 0 Å². The predicted molar refractivity (Wildman–Crippen MR) is 84.8 cm³/mol. The van der Waals surface area contributed by atoms with Crippen LogP contribution in [-0.2, 0) is 19.6 Å². The number of imide groups is 1. The van der Waals surface area contributed by atoms with Crippen LogP contribution >= 0.6 is 0 Å². The van der Waals surface area contributed by atoms with Crippen molar-refractivity contribution in [3.8, 4) is 5.75 Å². The van der Waals surface area contributed by atoms with Crippen molar-refractivity contribution >= 4 is 27.5 Å². The molecule has 1 aromatic rings. The van der Waals surface area contributed by atoms with Crippen LogP contribution in [0.15, 0.2) is 23.1 Å². The number of methoxy groups -OCH3 is 1. The summed E-state index contributed by atoms with van der Waals surface area (Å²) in [7, 11) is -2.51. The Kier molecular flexibility index (Phi) is 4.50. The first-order valence-electron chi connectivity index (χ1n) is 7.13. The Morgan fingerprint density at radius 3 is 2.17 bits per heavy atom. The van der Waals surface area contributed by atoms with E-state index in [-0.39, 0.29) is 41.0 Å². The Balaban J connectivity index is 2.53. The van der Waals surface area contributed by atoms with E-state index in [4.69, 9.17) is 4.74 Å². The number of nitrogens with one attached hydrogen (secondary N) is 1. The van der Waals surface area contributed by atoms with Gasteiger partial charge in [0.1, 0.15) is 10.6 Å². The van der Waals surface area contributed by atoms with Crippen LogP contribution in [0.2, 0.25) is 0 Å². The summed E-state index contributed by atoms with van der Waals surface area (Å²) in [6.45, 7) is 5.15. The zero-order chi connectivity index (χ0) is 17.4. The number of carbonyl (C=O) groups excluding carboxylic acids is 2. The lowest BCUT2D eigenvalue weighted by molar-refractivity contribution is -0.121. The second-order valence-corrected chi connectivity index (χ2v) is 7.96. The molecule has 2 amide bonds. The molecule has 0 saturated carbocycles. The molecule has 23 heavy (non-hydrogen) atoms. The number of nitrogens with zero attached hydrogens (tertiary/aromatic N) is 1. The van der Waals surface area contributed by atoms with Gasteiger partial charge in [0.2, 0.25) is 21.8 Å². The van der Waals surface area contributed by atoms with Gasteiger partial charge in [-0.1, -0.05) is 0 Å². The number of amides is 2. The number of sulfonamides is 1. The number of rotatable bonds is 4. The molecule has 0 aliphatic carbocycles. The smallest absolute Gasteiger partial charge is 0.244 e. The van der Waals surface area contributed by atoms with E-state index in [1.165, 1.54) is 25.3 Å². The van der Waals surface area contributed by atoms with Gasteiger partial charge in [0.25, 0.3) is 0 Å². The van der Waals surface area contributed by atoms with Gasteiger partial charge < -0.3 is 4.74 Å². The second-order valence-electron chi connectivity index (χ2n) is 6.31. The highest BCUT2D eigenvalue weighted by atomic mass is 32.2. The fraction of sp³-hybridized carbons (Fsp3) is 0.467. The van der Waals surface area contributed by atoms with Crippen molar-refractivity contribution < 1.29 is 22.7 Å². The normalized spacial score (nSPS) is 16.1. The minimum absolute atomic E-state index is 0.111. The van der Waals surface area contributed by atoms with Crippen LogP contribution in [0.4, 0.5) is 5.69 Å². The molecule has 1 aliphatic heterocycles. The summed E-state index contributed by atoms with van der Waals surface area (Å²) >= 11 is 0. The van der Waals surface area contributed by atoms with Crippen LogP contribution in [0, 0.1) is 0 Å². The van der Waals surface area contributed by atoms with Gasteiger partial charge >= 0.3 is 0 Å². The summed E-state index contributed by atoms with van der Waals surface area (Å²) in [5.74, 6) is -0.538. The quantitative estimate of drug-likeness (QED) is 0.837. The van der Waals surface area contributed by atoms with Gasteiger partial charge in [-0.25, -0.2) is 13.1 Å². The van der Waals surface area contributed by atoms with Crippen LogP contribution in [0.1, 0.15) is 33.6 Å². The van der Waals surface area contributed by atoms with Crippen molar-refractivity contribution in [2.45, 2.75) is 44.0 Å². The molecule has 1 aliphatic rings. The van der Waals surface area contributed by atoms with Gasteiger partial charge in [0.05, 0.1) is 12.8 Å². The molecule has 126 valence electrons. The Morgan fingerprint density at radius 1 is 1.13 bits per heavy atom. The van der Waals surface area contributed by atoms with Crippen LogP contribution in [0.25, 0.3) is 0 Å². The summed E-state index contributed by atoms with van der Waals surface area (Å²) in [5, 5.41) is 0. The molecule has 0 atom stereocenters. The van der Waals surface area contributed by atoms with E-state index in [0.29, 0.717) is 0 Å². The molecule has 1 N–H and O–H groups in total. The molecular weight excluding hydrogens is 320 g/mol. The number of hydrogen-bond acceptors (Lipinski definition) is 5. The largest absolute Gasteiger partial charge is 0.495 e. The van der Waals surface area contributed by atoms with Gasteiger partial charge in [-0.05, 0) is 39.0 Å². The van der Waals surface area contributed by atoms with E-state index >= 15 is 0 Å². The summed E-state index contributed by atoms with van der Waals surface area (Å²) in [4.78, 5) is 24.6. The van der Waals surface area contributed by atoms with Gasteiger partial charge in [0.15, 0.2) is 0 Å². The Bertz CT molecular complexity index is 734. The van der Waals surface area contributed by atoms with Crippen LogP contribution in [0.5, 0.6) is 5.75 Å². The first-order chi connectivity index (χ1) is 10.5. The fourth-order valence-electron chi connectivity index (χ4n) is 2.34. The van der Waals surface area contributed by atoms with Crippen molar-refractivity contribution in [3.05, 3.63) is 18.2 Å². The Labute approximate surface area is 135 Å². The maximum Gasteiger partial charge on any atom is 0.244 e. The van der Waals surface area contributed by atoms with Crippen molar-refractivity contribution in [3.63, 3.8) is 0 Å². The maximum absolute atomic E-state index is 12.6. The molecule has 0 unspecified atom stereocenters. The molecule has 1 heterocycles. The van der Waals surface area contributed by atoms with E-state index in [0.717, 1.165) is 4.90 Å². The van der Waals surface area contributed by atoms with Crippen molar-refractivity contribution in [1.29, 1.82) is 0 Å². The lowest BCUT2D eigenvalue weighted by Crippen LogP contribution is -2.40. The van der Waals surface area contributed by atoms with E-state index in [1.807, 2.05) is 0 Å². The van der Waals surface area contributed by atoms with E-state index < -0.39 is 15.6 Å². The van der Waals surface area contributed by atoms with Crippen LogP contribution in [0.3, 0.4) is 0 Å². The minimum atomic E-state index is -3.87. The molecular formula is C15H20N2O5S. The van der Waals surface area contributed by atoms with Crippen molar-refractivity contribution in [2.24, 2.45) is 0 Å². The van der Waals surface area contributed by atoms with E-state index in [9.17, 15) is 18.0 Å². The average Bonchev–Trinajstić information content (AvgIpc) is 2.75. The Hall–Kier alpha value is -1.93. The highest BCUT2D eigenvalue weighted by Crippen LogP contribution is 2.31. The lowest BCUT2D eigenvalue weighted by Gasteiger charge is -2.22. The SMILES string of the molecule is COc1ccc(N2C(=O)CCC2=O)cc1S(=O)(=O)NC(C)(C)C. The van der Waals surface area contributed by atoms with Gasteiger partial charge in [-0.15, -0.1) is 0 Å². The first-order valence-corrected chi connectivity index (χ1v) is 8.61. The van der Waals surface area contributed by atoms with E-state index in [2.05, 4.69) is 4.72 Å². The molecule has 1 saturated heterocycles. The zero-order valence-electron chi connectivity index (χ0n) is 13.5. The third kappa shape index (κ3) is 3.70. The summed E-state index contributed by atoms with van der Waals surface area (Å²) < 4.78 is 32.8. The molecule has 1 fully saturated rings. The molecule has 8 heteroatoms. The van der Waals surface area contributed by atoms with E-state index in [1.54, 1.807) is 20.8 Å². The third-order valence-corrected chi connectivity index (χ3v) is 4.97. The number of anilines is 1. The number of hydrogen-bond donors (Lipinski definition) is 1. The molecule has 2 rings (SSSR count). The first kappa shape index (κ1) is 17.4. The van der Waals surface area contributed by atoms with Crippen LogP contribution < -0.4 is 14.4 Å². The zero-order valence-corrected chi connectivity index (χ0v) is 14.4. The number of ether oxygens (including phenoxy) is 1. The van der Waals surface area contributed by atoms with Gasteiger partial charge in [0, 0.05) is 18.4 Å². The monoisotopic (exact) mass is 340 g/mol. The maximum atomic E-state index is 12.6. The minimum Gasteiger partial charge on any atom is -0.495 e. The van der Waals surface area contributed by atoms with Gasteiger partial charge in [-0.3, -0.25) is 14.5 Å². The molecule has 0 bridgehead atoms. The highest BCUT2D eigenvalue weighted by Gasteiger charge is 2.32. The molecule has 0 radical (unpaired) electrons.